The highest BCUT2D eigenvalue weighted by atomic mass is 127. The van der Waals surface area contributed by atoms with Gasteiger partial charge < -0.3 is 20.3 Å². The third-order valence-electron chi connectivity index (χ3n) is 5.00. The maximum Gasteiger partial charge on any atom is 0.191 e. The van der Waals surface area contributed by atoms with Gasteiger partial charge in [-0.05, 0) is 43.5 Å². The van der Waals surface area contributed by atoms with Crippen LogP contribution in [-0.2, 0) is 6.42 Å². The van der Waals surface area contributed by atoms with Crippen molar-refractivity contribution in [2.24, 2.45) is 4.99 Å². The molecule has 0 radical (unpaired) electrons. The van der Waals surface area contributed by atoms with Gasteiger partial charge >= 0.3 is 0 Å². The van der Waals surface area contributed by atoms with Crippen molar-refractivity contribution in [3.05, 3.63) is 59.7 Å². The van der Waals surface area contributed by atoms with Gasteiger partial charge in [0.05, 0.1) is 7.11 Å². The van der Waals surface area contributed by atoms with E-state index in [1.54, 1.807) is 7.11 Å². The quantitative estimate of drug-likeness (QED) is 0.366. The van der Waals surface area contributed by atoms with E-state index in [1.165, 1.54) is 16.8 Å². The summed E-state index contributed by atoms with van der Waals surface area (Å²) in [6.45, 7) is 4.99. The van der Waals surface area contributed by atoms with E-state index in [-0.39, 0.29) is 24.0 Å². The van der Waals surface area contributed by atoms with Crippen LogP contribution in [-0.4, -0.2) is 45.8 Å². The molecule has 1 fully saturated rings. The molecule has 0 bridgehead atoms. The summed E-state index contributed by atoms with van der Waals surface area (Å²) in [5.74, 6) is 1.81. The van der Waals surface area contributed by atoms with Gasteiger partial charge in [0.15, 0.2) is 5.96 Å². The molecule has 1 unspecified atom stereocenters. The lowest BCUT2D eigenvalue weighted by Gasteiger charge is -2.20. The van der Waals surface area contributed by atoms with Crippen LogP contribution >= 0.6 is 24.0 Å². The van der Waals surface area contributed by atoms with Crippen molar-refractivity contribution in [3.63, 3.8) is 0 Å². The van der Waals surface area contributed by atoms with E-state index in [1.807, 2.05) is 13.1 Å². The number of hydrogen-bond donors (Lipinski definition) is 2. The summed E-state index contributed by atoms with van der Waals surface area (Å²) in [5.41, 5.74) is 3.76. The topological polar surface area (TPSA) is 48.9 Å². The zero-order valence-corrected chi connectivity index (χ0v) is 19.3. The van der Waals surface area contributed by atoms with Crippen LogP contribution in [0.15, 0.2) is 53.5 Å². The molecule has 1 aliphatic rings. The summed E-state index contributed by atoms with van der Waals surface area (Å²) >= 11 is 0. The molecule has 6 heteroatoms. The molecule has 0 amide bonds. The molecule has 2 aromatic rings. The SMILES string of the molecule is CN=C(NCCc1cc(C)ccc1OC)NC1CCN(c2ccccc2)C1.I. The molecule has 0 aromatic heterocycles. The van der Waals surface area contributed by atoms with Crippen molar-refractivity contribution in [2.45, 2.75) is 25.8 Å². The Bertz CT molecular complexity index is 766. The number of rotatable bonds is 6. The monoisotopic (exact) mass is 494 g/mol. The second-order valence-electron chi connectivity index (χ2n) is 6.98. The molecule has 0 spiro atoms. The lowest BCUT2D eigenvalue weighted by Crippen LogP contribution is -2.45. The highest BCUT2D eigenvalue weighted by Gasteiger charge is 2.23. The van der Waals surface area contributed by atoms with E-state index >= 15 is 0 Å². The average Bonchev–Trinajstić information content (AvgIpc) is 3.16. The van der Waals surface area contributed by atoms with Crippen molar-refractivity contribution in [1.29, 1.82) is 0 Å². The Balaban J connectivity index is 0.00000280. The molecule has 28 heavy (non-hydrogen) atoms. The molecule has 1 heterocycles. The van der Waals surface area contributed by atoms with E-state index in [4.69, 9.17) is 4.74 Å². The molecule has 1 aliphatic heterocycles. The van der Waals surface area contributed by atoms with Crippen LogP contribution < -0.4 is 20.3 Å². The lowest BCUT2D eigenvalue weighted by atomic mass is 10.1. The van der Waals surface area contributed by atoms with Crippen molar-refractivity contribution < 1.29 is 4.74 Å². The average molecular weight is 494 g/mol. The fourth-order valence-electron chi connectivity index (χ4n) is 3.56. The highest BCUT2D eigenvalue weighted by Crippen LogP contribution is 2.20. The van der Waals surface area contributed by atoms with Crippen molar-refractivity contribution in [3.8, 4) is 5.75 Å². The van der Waals surface area contributed by atoms with Gasteiger partial charge in [0.25, 0.3) is 0 Å². The highest BCUT2D eigenvalue weighted by molar-refractivity contribution is 14.0. The Kier molecular flexibility index (Phi) is 8.89. The first kappa shape index (κ1) is 22.3. The normalized spacial score (nSPS) is 16.5. The number of methoxy groups -OCH3 is 1. The van der Waals surface area contributed by atoms with E-state index in [9.17, 15) is 0 Å². The number of benzene rings is 2. The first-order chi connectivity index (χ1) is 13.2. The summed E-state index contributed by atoms with van der Waals surface area (Å²) in [7, 11) is 3.55. The van der Waals surface area contributed by atoms with Crippen LogP contribution in [0.3, 0.4) is 0 Å². The van der Waals surface area contributed by atoms with E-state index in [0.29, 0.717) is 6.04 Å². The predicted octanol–water partition coefficient (Wildman–Crippen LogP) is 3.61. The maximum atomic E-state index is 5.47. The summed E-state index contributed by atoms with van der Waals surface area (Å²) in [4.78, 5) is 6.80. The Morgan fingerprint density at radius 3 is 2.71 bits per heavy atom. The molecule has 152 valence electrons. The predicted molar refractivity (Wildman–Crippen MR) is 128 cm³/mol. The number of halogens is 1. The van der Waals surface area contributed by atoms with Gasteiger partial charge in [-0.15, -0.1) is 24.0 Å². The molecule has 2 aromatic carbocycles. The summed E-state index contributed by atoms with van der Waals surface area (Å²) in [6.07, 6.45) is 2.01. The zero-order chi connectivity index (χ0) is 19.1. The van der Waals surface area contributed by atoms with Gasteiger partial charge in [0, 0.05) is 38.4 Å². The number of para-hydroxylation sites is 1. The Morgan fingerprint density at radius 1 is 1.21 bits per heavy atom. The van der Waals surface area contributed by atoms with Crippen LogP contribution in [0.5, 0.6) is 5.75 Å². The minimum atomic E-state index is 0. The Hall–Kier alpha value is -1.96. The van der Waals surface area contributed by atoms with Crippen molar-refractivity contribution in [1.82, 2.24) is 10.6 Å². The number of guanidine groups is 1. The molecule has 3 rings (SSSR count). The van der Waals surface area contributed by atoms with Crippen LogP contribution in [0.1, 0.15) is 17.5 Å². The number of hydrogen-bond acceptors (Lipinski definition) is 3. The Labute approximate surface area is 185 Å². The summed E-state index contributed by atoms with van der Waals surface area (Å²) < 4.78 is 5.47. The zero-order valence-electron chi connectivity index (χ0n) is 16.9. The third kappa shape index (κ3) is 6.02. The lowest BCUT2D eigenvalue weighted by molar-refractivity contribution is 0.409. The molecule has 5 nitrogen and oxygen atoms in total. The standard InChI is InChI=1S/C22H30N4O.HI/c1-17-9-10-21(27-3)18(15-17)11-13-24-22(23-2)25-19-12-14-26(16-19)20-7-5-4-6-8-20;/h4-10,15,19H,11-14,16H2,1-3H3,(H2,23,24,25);1H. The number of nitrogens with one attached hydrogen (secondary N) is 2. The number of aliphatic imine (C=N–C) groups is 1. The smallest absolute Gasteiger partial charge is 0.191 e. The van der Waals surface area contributed by atoms with E-state index in [0.717, 1.165) is 44.2 Å². The Morgan fingerprint density at radius 2 is 2.00 bits per heavy atom. The van der Waals surface area contributed by atoms with Gasteiger partial charge in [0.2, 0.25) is 0 Å². The van der Waals surface area contributed by atoms with Crippen molar-refractivity contribution >= 4 is 35.6 Å². The molecular formula is C22H31IN4O. The summed E-state index contributed by atoms with van der Waals surface area (Å²) in [5, 5.41) is 6.99. The minimum Gasteiger partial charge on any atom is -0.496 e. The largest absolute Gasteiger partial charge is 0.496 e. The molecule has 0 saturated carbocycles. The summed E-state index contributed by atoms with van der Waals surface area (Å²) in [6, 6.07) is 17.3. The van der Waals surface area contributed by atoms with Crippen LogP contribution in [0.2, 0.25) is 0 Å². The second kappa shape index (κ2) is 11.1. The fourth-order valence-corrected chi connectivity index (χ4v) is 3.56. The third-order valence-corrected chi connectivity index (χ3v) is 5.00. The number of nitrogens with zero attached hydrogens (tertiary/aromatic N) is 2. The second-order valence-corrected chi connectivity index (χ2v) is 6.98. The maximum absolute atomic E-state index is 5.47. The molecule has 2 N–H and O–H groups in total. The van der Waals surface area contributed by atoms with Crippen LogP contribution in [0.25, 0.3) is 0 Å². The van der Waals surface area contributed by atoms with Gasteiger partial charge in [-0.1, -0.05) is 35.9 Å². The van der Waals surface area contributed by atoms with Crippen molar-refractivity contribution in [2.75, 3.05) is 38.7 Å². The molecule has 1 atom stereocenters. The molecule has 0 aliphatic carbocycles. The molecule has 1 saturated heterocycles. The fraction of sp³-hybridized carbons (Fsp3) is 0.409. The van der Waals surface area contributed by atoms with Crippen LogP contribution in [0.4, 0.5) is 5.69 Å². The van der Waals surface area contributed by atoms with E-state index < -0.39 is 0 Å². The first-order valence-corrected chi connectivity index (χ1v) is 9.60. The number of aryl methyl sites for hydroxylation is 1. The van der Waals surface area contributed by atoms with Gasteiger partial charge in [-0.3, -0.25) is 4.99 Å². The van der Waals surface area contributed by atoms with Gasteiger partial charge in [-0.25, -0.2) is 0 Å². The first-order valence-electron chi connectivity index (χ1n) is 9.60. The van der Waals surface area contributed by atoms with Gasteiger partial charge in [0.1, 0.15) is 5.75 Å². The number of anilines is 1. The molecular weight excluding hydrogens is 463 g/mol. The van der Waals surface area contributed by atoms with Gasteiger partial charge in [-0.2, -0.15) is 0 Å². The minimum absolute atomic E-state index is 0. The van der Waals surface area contributed by atoms with Crippen LogP contribution in [0, 0.1) is 6.92 Å². The number of ether oxygens (including phenoxy) is 1. The van der Waals surface area contributed by atoms with E-state index in [2.05, 4.69) is 69.9 Å².